The molecule has 32 heavy (non-hydrogen) atoms. The highest BCUT2D eigenvalue weighted by Crippen LogP contribution is 2.35. The zero-order valence-corrected chi connectivity index (χ0v) is 19.8. The Labute approximate surface area is 193 Å². The summed E-state index contributed by atoms with van der Waals surface area (Å²) in [5.41, 5.74) is 6.79. The maximum Gasteiger partial charge on any atom is 0.132 e. The lowest BCUT2D eigenvalue weighted by Crippen LogP contribution is -2.33. The van der Waals surface area contributed by atoms with Gasteiger partial charge >= 0.3 is 0 Å². The van der Waals surface area contributed by atoms with E-state index in [0.29, 0.717) is 11.8 Å². The molecule has 0 bridgehead atoms. The summed E-state index contributed by atoms with van der Waals surface area (Å²) in [5, 5.41) is 0. The van der Waals surface area contributed by atoms with Crippen molar-refractivity contribution in [2.24, 2.45) is 10.9 Å². The maximum atomic E-state index is 5.13. The molecule has 0 N–H and O–H groups in total. The highest BCUT2D eigenvalue weighted by molar-refractivity contribution is 5.89. The third-order valence-corrected chi connectivity index (χ3v) is 7.02. The third-order valence-electron chi connectivity index (χ3n) is 7.02. The molecule has 1 unspecified atom stereocenters. The van der Waals surface area contributed by atoms with E-state index >= 15 is 0 Å². The Morgan fingerprint density at radius 2 is 1.88 bits per heavy atom. The van der Waals surface area contributed by atoms with Gasteiger partial charge in [0.05, 0.1) is 17.1 Å². The Morgan fingerprint density at radius 3 is 2.53 bits per heavy atom. The van der Waals surface area contributed by atoms with E-state index in [1.807, 2.05) is 12.3 Å². The van der Waals surface area contributed by atoms with Gasteiger partial charge in [-0.1, -0.05) is 74.6 Å². The minimum atomic E-state index is 0.469. The molecule has 1 fully saturated rings. The largest absolute Gasteiger partial charge is 0.364 e. The van der Waals surface area contributed by atoms with Gasteiger partial charge in [0.1, 0.15) is 5.82 Å². The molecule has 1 aromatic heterocycles. The van der Waals surface area contributed by atoms with Crippen LogP contribution >= 0.6 is 0 Å². The number of rotatable bonds is 6. The van der Waals surface area contributed by atoms with Gasteiger partial charge in [-0.25, -0.2) is 9.97 Å². The van der Waals surface area contributed by atoms with Crippen LogP contribution in [0.15, 0.2) is 53.2 Å². The molecule has 2 aromatic rings. The maximum absolute atomic E-state index is 5.13. The van der Waals surface area contributed by atoms with Crippen molar-refractivity contribution in [3.8, 4) is 0 Å². The highest BCUT2D eigenvalue weighted by atomic mass is 15.2. The smallest absolute Gasteiger partial charge is 0.132 e. The first-order valence-electron chi connectivity index (χ1n) is 12.2. The van der Waals surface area contributed by atoms with Crippen LogP contribution in [0.25, 0.3) is 11.4 Å². The summed E-state index contributed by atoms with van der Waals surface area (Å²) in [5.74, 6) is 1.96. The Bertz CT molecular complexity index is 996. The normalized spacial score (nSPS) is 20.5. The van der Waals surface area contributed by atoms with Crippen LogP contribution in [0.5, 0.6) is 0 Å². The standard InChI is InChI=1S/C28H36N4/c1-5-22-16-18-32(19-21(22)3)27(26(29-4)23-13-11-20(2)12-14-23)25-15-17-30-28(31-25)24-9-7-6-8-10-24/h11-17,21,24H,4-10,18-19H2,1-3H3/b27-26-. The zero-order valence-electron chi connectivity index (χ0n) is 19.8. The molecule has 4 rings (SSSR count). The van der Waals surface area contributed by atoms with Crippen molar-refractivity contribution >= 4 is 18.1 Å². The van der Waals surface area contributed by atoms with Crippen molar-refractivity contribution in [3.05, 3.63) is 70.8 Å². The van der Waals surface area contributed by atoms with Gasteiger partial charge in [-0.2, -0.15) is 0 Å². The van der Waals surface area contributed by atoms with E-state index in [4.69, 9.17) is 4.98 Å². The molecular formula is C28H36N4. The van der Waals surface area contributed by atoms with Gasteiger partial charge in [0.15, 0.2) is 0 Å². The van der Waals surface area contributed by atoms with Crippen LogP contribution in [0.4, 0.5) is 0 Å². The van der Waals surface area contributed by atoms with Gasteiger partial charge in [-0.3, -0.25) is 4.99 Å². The molecular weight excluding hydrogens is 392 g/mol. The molecule has 168 valence electrons. The van der Waals surface area contributed by atoms with Crippen LogP contribution in [0.2, 0.25) is 0 Å². The number of aliphatic imine (C=N–C) groups is 1. The quantitative estimate of drug-likeness (QED) is 0.382. The van der Waals surface area contributed by atoms with Crippen molar-refractivity contribution in [2.75, 3.05) is 13.1 Å². The fourth-order valence-electron chi connectivity index (χ4n) is 5.14. The summed E-state index contributed by atoms with van der Waals surface area (Å²) < 4.78 is 0. The lowest BCUT2D eigenvalue weighted by atomic mass is 9.88. The van der Waals surface area contributed by atoms with Crippen molar-refractivity contribution in [1.82, 2.24) is 14.9 Å². The molecule has 1 atom stereocenters. The summed E-state index contributed by atoms with van der Waals surface area (Å²) in [6.07, 6.45) is 11.7. The lowest BCUT2D eigenvalue weighted by molar-refractivity contribution is 0.360. The Morgan fingerprint density at radius 1 is 1.12 bits per heavy atom. The summed E-state index contributed by atoms with van der Waals surface area (Å²) in [4.78, 5) is 16.8. The average molecular weight is 429 g/mol. The molecule has 1 saturated carbocycles. The topological polar surface area (TPSA) is 41.4 Å². The van der Waals surface area contributed by atoms with Crippen molar-refractivity contribution in [2.45, 2.75) is 65.2 Å². The Hall–Kier alpha value is -2.75. The predicted molar refractivity (Wildman–Crippen MR) is 135 cm³/mol. The van der Waals surface area contributed by atoms with E-state index in [0.717, 1.165) is 48.0 Å². The highest BCUT2D eigenvalue weighted by Gasteiger charge is 2.26. The third kappa shape index (κ3) is 4.85. The Kier molecular flexibility index (Phi) is 7.19. The van der Waals surface area contributed by atoms with E-state index in [1.54, 1.807) is 0 Å². The molecule has 1 aliphatic carbocycles. The van der Waals surface area contributed by atoms with Crippen LogP contribution < -0.4 is 0 Å². The van der Waals surface area contributed by atoms with Crippen LogP contribution in [-0.2, 0) is 0 Å². The molecule has 1 aliphatic heterocycles. The molecule has 0 spiro atoms. The average Bonchev–Trinajstić information content (AvgIpc) is 2.84. The van der Waals surface area contributed by atoms with Crippen molar-refractivity contribution < 1.29 is 0 Å². The number of aryl methyl sites for hydroxylation is 1. The van der Waals surface area contributed by atoms with Crippen molar-refractivity contribution in [1.29, 1.82) is 0 Å². The van der Waals surface area contributed by atoms with Gasteiger partial charge in [0.25, 0.3) is 0 Å². The van der Waals surface area contributed by atoms with Crippen LogP contribution in [0, 0.1) is 12.8 Å². The summed E-state index contributed by atoms with van der Waals surface area (Å²) in [6.45, 7) is 12.5. The predicted octanol–water partition coefficient (Wildman–Crippen LogP) is 6.65. The number of benzene rings is 1. The summed E-state index contributed by atoms with van der Waals surface area (Å²) in [7, 11) is 0. The van der Waals surface area contributed by atoms with Crippen LogP contribution in [0.3, 0.4) is 0 Å². The second-order valence-corrected chi connectivity index (χ2v) is 9.29. The minimum absolute atomic E-state index is 0.469. The fourth-order valence-corrected chi connectivity index (χ4v) is 5.14. The first kappa shape index (κ1) is 22.4. The van der Waals surface area contributed by atoms with Gasteiger partial charge < -0.3 is 4.90 Å². The molecule has 1 aromatic carbocycles. The fraction of sp³-hybridized carbons (Fsp3) is 0.464. The number of aromatic nitrogens is 2. The van der Waals surface area contributed by atoms with E-state index < -0.39 is 0 Å². The molecule has 4 nitrogen and oxygen atoms in total. The van der Waals surface area contributed by atoms with Crippen molar-refractivity contribution in [3.63, 3.8) is 0 Å². The first-order chi connectivity index (χ1) is 15.6. The monoisotopic (exact) mass is 428 g/mol. The van der Waals surface area contributed by atoms with Gasteiger partial charge in [0.2, 0.25) is 0 Å². The number of nitrogens with zero attached hydrogens (tertiary/aromatic N) is 4. The molecule has 2 heterocycles. The van der Waals surface area contributed by atoms with Gasteiger partial charge in [-0.15, -0.1) is 0 Å². The lowest BCUT2D eigenvalue weighted by Gasteiger charge is -2.35. The number of hydrogen-bond donors (Lipinski definition) is 0. The van der Waals surface area contributed by atoms with E-state index in [1.165, 1.54) is 43.2 Å². The van der Waals surface area contributed by atoms with Crippen LogP contribution in [0.1, 0.15) is 80.9 Å². The minimum Gasteiger partial charge on any atom is -0.364 e. The molecule has 2 aliphatic rings. The zero-order chi connectivity index (χ0) is 22.5. The SMILES string of the molecule is C=N/C(=C(/c1ccnc(C2CCCCC2)n1)N1CC=C(CC)C(C)C1)c1ccc(C)cc1. The number of hydrogen-bond acceptors (Lipinski definition) is 4. The second-order valence-electron chi connectivity index (χ2n) is 9.29. The molecule has 0 amide bonds. The molecule has 4 heteroatoms. The van der Waals surface area contributed by atoms with Gasteiger partial charge in [0, 0.05) is 30.8 Å². The van der Waals surface area contributed by atoms with E-state index in [-0.39, 0.29) is 0 Å². The van der Waals surface area contributed by atoms with Crippen LogP contribution in [-0.4, -0.2) is 34.7 Å². The Balaban J connectivity index is 1.82. The molecule has 0 radical (unpaired) electrons. The first-order valence-corrected chi connectivity index (χ1v) is 12.2. The van der Waals surface area contributed by atoms with E-state index in [2.05, 4.69) is 72.7 Å². The van der Waals surface area contributed by atoms with Gasteiger partial charge in [-0.05, 0) is 44.9 Å². The summed E-state index contributed by atoms with van der Waals surface area (Å²) in [6, 6.07) is 10.6. The summed E-state index contributed by atoms with van der Waals surface area (Å²) >= 11 is 0. The van der Waals surface area contributed by atoms with E-state index in [9.17, 15) is 0 Å². The molecule has 0 saturated heterocycles. The second kappa shape index (κ2) is 10.2.